The fourth-order valence-electron chi connectivity index (χ4n) is 2.80. The average Bonchev–Trinajstić information content (AvgIpc) is 2.43. The van der Waals surface area contributed by atoms with E-state index in [0.29, 0.717) is 10.0 Å². The summed E-state index contributed by atoms with van der Waals surface area (Å²) < 4.78 is 0. The Bertz CT molecular complexity index is 602. The lowest BCUT2D eigenvalue weighted by atomic mass is 9.91. The van der Waals surface area contributed by atoms with Crippen LogP contribution in [0.25, 0.3) is 0 Å². The summed E-state index contributed by atoms with van der Waals surface area (Å²) in [5.41, 5.74) is 5.21. The maximum atomic E-state index is 6.13. The van der Waals surface area contributed by atoms with Crippen molar-refractivity contribution in [3.05, 3.63) is 68.7 Å². The molecule has 21 heavy (non-hydrogen) atoms. The standard InChI is InChI=1S/C18H21Cl2N/c1-4-21-17(18-12(2)6-5-7-13(18)3)11-14-8-9-15(19)16(20)10-14/h5-10,17,21H,4,11H2,1-3H3. The lowest BCUT2D eigenvalue weighted by Crippen LogP contribution is -2.24. The molecule has 2 aromatic carbocycles. The fourth-order valence-corrected chi connectivity index (χ4v) is 3.12. The highest BCUT2D eigenvalue weighted by molar-refractivity contribution is 6.42. The number of likely N-dealkylation sites (N-methyl/N-ethyl adjacent to an activating group) is 1. The second-order valence-corrected chi connectivity index (χ2v) is 6.18. The minimum atomic E-state index is 0.286. The van der Waals surface area contributed by atoms with E-state index in [1.165, 1.54) is 22.3 Å². The highest BCUT2D eigenvalue weighted by Gasteiger charge is 2.16. The van der Waals surface area contributed by atoms with Crippen LogP contribution in [0.4, 0.5) is 0 Å². The molecule has 0 aromatic heterocycles. The third-order valence-electron chi connectivity index (χ3n) is 3.76. The smallest absolute Gasteiger partial charge is 0.0595 e. The summed E-state index contributed by atoms with van der Waals surface area (Å²) in [7, 11) is 0. The number of rotatable bonds is 5. The molecule has 0 saturated heterocycles. The Kier molecular flexibility index (Phi) is 5.69. The molecule has 0 bridgehead atoms. The highest BCUT2D eigenvalue weighted by Crippen LogP contribution is 2.28. The molecule has 0 aliphatic rings. The molecule has 1 N–H and O–H groups in total. The van der Waals surface area contributed by atoms with Gasteiger partial charge in [0.25, 0.3) is 0 Å². The zero-order chi connectivity index (χ0) is 15.4. The Hall–Kier alpha value is -1.02. The van der Waals surface area contributed by atoms with Gasteiger partial charge in [-0.05, 0) is 61.2 Å². The van der Waals surface area contributed by atoms with Crippen LogP contribution in [0.5, 0.6) is 0 Å². The van der Waals surface area contributed by atoms with Gasteiger partial charge < -0.3 is 5.32 Å². The van der Waals surface area contributed by atoms with Crippen LogP contribution in [0.15, 0.2) is 36.4 Å². The van der Waals surface area contributed by atoms with Crippen LogP contribution in [0.2, 0.25) is 10.0 Å². The molecule has 2 rings (SSSR count). The number of halogens is 2. The first-order valence-corrected chi connectivity index (χ1v) is 8.02. The van der Waals surface area contributed by atoms with E-state index in [9.17, 15) is 0 Å². The zero-order valence-corrected chi connectivity index (χ0v) is 14.2. The number of hydrogen-bond acceptors (Lipinski definition) is 1. The minimum Gasteiger partial charge on any atom is -0.310 e. The zero-order valence-electron chi connectivity index (χ0n) is 12.7. The molecule has 0 heterocycles. The van der Waals surface area contributed by atoms with Crippen LogP contribution < -0.4 is 5.32 Å². The molecule has 112 valence electrons. The van der Waals surface area contributed by atoms with Gasteiger partial charge >= 0.3 is 0 Å². The Morgan fingerprint density at radius 3 is 2.24 bits per heavy atom. The Balaban J connectivity index is 2.33. The van der Waals surface area contributed by atoms with Gasteiger partial charge in [0.05, 0.1) is 10.0 Å². The maximum absolute atomic E-state index is 6.13. The van der Waals surface area contributed by atoms with Gasteiger partial charge in [-0.2, -0.15) is 0 Å². The van der Waals surface area contributed by atoms with Crippen LogP contribution in [0.3, 0.4) is 0 Å². The normalized spacial score (nSPS) is 12.4. The summed E-state index contributed by atoms with van der Waals surface area (Å²) in [5, 5.41) is 4.81. The minimum absolute atomic E-state index is 0.286. The topological polar surface area (TPSA) is 12.0 Å². The van der Waals surface area contributed by atoms with E-state index >= 15 is 0 Å². The number of aryl methyl sites for hydroxylation is 2. The lowest BCUT2D eigenvalue weighted by molar-refractivity contribution is 0.545. The number of hydrogen-bond donors (Lipinski definition) is 1. The highest BCUT2D eigenvalue weighted by atomic mass is 35.5. The Morgan fingerprint density at radius 1 is 1.00 bits per heavy atom. The predicted octanol–water partition coefficient (Wildman–Crippen LogP) is 5.50. The summed E-state index contributed by atoms with van der Waals surface area (Å²) in [5.74, 6) is 0. The summed E-state index contributed by atoms with van der Waals surface area (Å²) >= 11 is 12.1. The van der Waals surface area contributed by atoms with Gasteiger partial charge in [-0.3, -0.25) is 0 Å². The molecule has 0 aliphatic heterocycles. The molecule has 1 atom stereocenters. The molecule has 0 fully saturated rings. The van der Waals surface area contributed by atoms with Gasteiger partial charge in [0.1, 0.15) is 0 Å². The van der Waals surface area contributed by atoms with Gasteiger partial charge in [-0.25, -0.2) is 0 Å². The molecule has 0 aliphatic carbocycles. The largest absolute Gasteiger partial charge is 0.310 e. The van der Waals surface area contributed by atoms with Crippen LogP contribution in [-0.2, 0) is 6.42 Å². The van der Waals surface area contributed by atoms with Crippen molar-refractivity contribution in [3.8, 4) is 0 Å². The van der Waals surface area contributed by atoms with E-state index in [0.717, 1.165) is 13.0 Å². The van der Waals surface area contributed by atoms with Crippen molar-refractivity contribution >= 4 is 23.2 Å². The van der Waals surface area contributed by atoms with Crippen molar-refractivity contribution < 1.29 is 0 Å². The SMILES string of the molecule is CCNC(Cc1ccc(Cl)c(Cl)c1)c1c(C)cccc1C. The number of nitrogens with one attached hydrogen (secondary N) is 1. The van der Waals surface area contributed by atoms with Gasteiger partial charge in [0.2, 0.25) is 0 Å². The molecule has 1 unspecified atom stereocenters. The van der Waals surface area contributed by atoms with E-state index in [2.05, 4.69) is 44.3 Å². The van der Waals surface area contributed by atoms with Gasteiger partial charge in [-0.1, -0.05) is 54.4 Å². The first-order chi connectivity index (χ1) is 10.0. The van der Waals surface area contributed by atoms with Crippen molar-refractivity contribution in [3.63, 3.8) is 0 Å². The fraction of sp³-hybridized carbons (Fsp3) is 0.333. The van der Waals surface area contributed by atoms with Crippen LogP contribution in [-0.4, -0.2) is 6.54 Å². The molecule has 1 nitrogen and oxygen atoms in total. The van der Waals surface area contributed by atoms with E-state index in [1.807, 2.05) is 18.2 Å². The molecule has 0 amide bonds. The third-order valence-corrected chi connectivity index (χ3v) is 4.50. The molecule has 0 saturated carbocycles. The first kappa shape index (κ1) is 16.4. The molecule has 3 heteroatoms. The molecular formula is C18H21Cl2N. The van der Waals surface area contributed by atoms with Crippen molar-refractivity contribution in [1.82, 2.24) is 5.32 Å². The molecule has 0 radical (unpaired) electrons. The lowest BCUT2D eigenvalue weighted by Gasteiger charge is -2.23. The van der Waals surface area contributed by atoms with Gasteiger partial charge in [0.15, 0.2) is 0 Å². The van der Waals surface area contributed by atoms with Crippen LogP contribution in [0, 0.1) is 13.8 Å². The van der Waals surface area contributed by atoms with Crippen molar-refractivity contribution in [1.29, 1.82) is 0 Å². The van der Waals surface area contributed by atoms with Crippen molar-refractivity contribution in [2.24, 2.45) is 0 Å². The quantitative estimate of drug-likeness (QED) is 0.766. The van der Waals surface area contributed by atoms with Gasteiger partial charge in [-0.15, -0.1) is 0 Å². The Morgan fingerprint density at radius 2 is 1.67 bits per heavy atom. The van der Waals surface area contributed by atoms with Crippen molar-refractivity contribution in [2.75, 3.05) is 6.54 Å². The van der Waals surface area contributed by atoms with E-state index in [1.54, 1.807) is 0 Å². The first-order valence-electron chi connectivity index (χ1n) is 7.26. The number of benzene rings is 2. The van der Waals surface area contributed by atoms with Crippen molar-refractivity contribution in [2.45, 2.75) is 33.2 Å². The summed E-state index contributed by atoms with van der Waals surface area (Å²) in [6.45, 7) is 7.40. The molecular weight excluding hydrogens is 301 g/mol. The summed E-state index contributed by atoms with van der Waals surface area (Å²) in [6.07, 6.45) is 0.899. The molecule has 2 aromatic rings. The average molecular weight is 322 g/mol. The second kappa shape index (κ2) is 7.31. The van der Waals surface area contributed by atoms with Crippen LogP contribution >= 0.6 is 23.2 Å². The Labute approximate surface area is 137 Å². The van der Waals surface area contributed by atoms with E-state index < -0.39 is 0 Å². The second-order valence-electron chi connectivity index (χ2n) is 5.37. The predicted molar refractivity (Wildman–Crippen MR) is 92.5 cm³/mol. The van der Waals surface area contributed by atoms with Gasteiger partial charge in [0, 0.05) is 6.04 Å². The van der Waals surface area contributed by atoms with Crippen LogP contribution in [0.1, 0.15) is 35.2 Å². The maximum Gasteiger partial charge on any atom is 0.0595 e. The van der Waals surface area contributed by atoms with E-state index in [4.69, 9.17) is 23.2 Å². The molecule has 0 spiro atoms. The third kappa shape index (κ3) is 4.00. The monoisotopic (exact) mass is 321 g/mol. The summed E-state index contributed by atoms with van der Waals surface area (Å²) in [4.78, 5) is 0. The van der Waals surface area contributed by atoms with E-state index in [-0.39, 0.29) is 6.04 Å². The summed E-state index contributed by atoms with van der Waals surface area (Å²) in [6, 6.07) is 12.6.